The molecule has 0 aliphatic carbocycles. The maximum atomic E-state index is 17.1. The van der Waals surface area contributed by atoms with Crippen LogP contribution in [0.25, 0.3) is 28.1 Å². The number of anilines is 3. The van der Waals surface area contributed by atoms with Gasteiger partial charge in [0, 0.05) is 48.2 Å². The molecular weight excluding hydrogens is 624 g/mol. The van der Waals surface area contributed by atoms with Crippen molar-refractivity contribution in [3.63, 3.8) is 0 Å². The number of likely N-dealkylation sites (N-methyl/N-ethyl adjacent to an activating group) is 1. The van der Waals surface area contributed by atoms with Gasteiger partial charge in [0.25, 0.3) is 5.91 Å². The molecule has 1 aromatic heterocycles. The van der Waals surface area contributed by atoms with Crippen molar-refractivity contribution in [2.75, 3.05) is 49.4 Å². The molecule has 1 amide bonds. The molecule has 3 aromatic rings. The second-order valence-electron chi connectivity index (χ2n) is 13.2. The van der Waals surface area contributed by atoms with Gasteiger partial charge < -0.3 is 25.4 Å². The number of rotatable bonds is 9. The zero-order valence-electron chi connectivity index (χ0n) is 28.3. The second-order valence-corrected chi connectivity index (χ2v) is 13.2. The molecule has 10 nitrogen and oxygen atoms in total. The number of nitrogens with two attached hydrogens (primary N) is 2. The van der Waals surface area contributed by atoms with Gasteiger partial charge in [-0.15, -0.1) is 0 Å². The number of likely N-dealkylation sites (tertiary alicyclic amines) is 1. The Morgan fingerprint density at radius 2 is 2.00 bits per heavy atom. The van der Waals surface area contributed by atoms with E-state index in [0.717, 1.165) is 0 Å². The highest BCUT2D eigenvalue weighted by Crippen LogP contribution is 2.45. The van der Waals surface area contributed by atoms with E-state index in [4.69, 9.17) is 16.6 Å². The third kappa shape index (κ3) is 6.21. The number of nitrogen functional groups attached to an aromatic ring is 1. The third-order valence-electron chi connectivity index (χ3n) is 9.90. The fourth-order valence-electron chi connectivity index (χ4n) is 6.93. The lowest BCUT2D eigenvalue weighted by molar-refractivity contribution is -0.132. The van der Waals surface area contributed by atoms with Crippen molar-refractivity contribution in [2.24, 2.45) is 5.84 Å². The number of aromatic nitrogens is 1. The van der Waals surface area contributed by atoms with E-state index in [9.17, 15) is 19.7 Å². The van der Waals surface area contributed by atoms with Crippen LogP contribution in [0.1, 0.15) is 42.9 Å². The molecule has 12 heteroatoms. The first-order valence-corrected chi connectivity index (χ1v) is 16.0. The van der Waals surface area contributed by atoms with Crippen LogP contribution >= 0.6 is 0 Å². The fourth-order valence-corrected chi connectivity index (χ4v) is 6.93. The van der Waals surface area contributed by atoms with E-state index >= 15 is 4.39 Å². The largest absolute Gasteiger partial charge is 0.394 e. The SMILES string of the molecule is C=C/C=C\c1cccc(-c2c(C)cc3c(N(N)C4CCN(C(=O)C(=C)F)[C@H](CC#N)C4)c(N)c(N4CC(C)(N(C)C)C4)nc3c2F)c1C#N. The van der Waals surface area contributed by atoms with Crippen LogP contribution in [0, 0.1) is 35.4 Å². The van der Waals surface area contributed by atoms with E-state index in [2.05, 4.69) is 37.1 Å². The molecule has 0 saturated carbocycles. The van der Waals surface area contributed by atoms with Gasteiger partial charge in [-0.2, -0.15) is 10.5 Å². The number of benzene rings is 2. The quantitative estimate of drug-likeness (QED) is 0.130. The number of amides is 1. The summed E-state index contributed by atoms with van der Waals surface area (Å²) in [5.41, 5.74) is 9.56. The summed E-state index contributed by atoms with van der Waals surface area (Å²) in [6, 6.07) is 10.3. The summed E-state index contributed by atoms with van der Waals surface area (Å²) in [5, 5.41) is 21.6. The number of allylic oxidation sites excluding steroid dienone is 2. The first-order chi connectivity index (χ1) is 23.3. The monoisotopic (exact) mass is 665 g/mol. The summed E-state index contributed by atoms with van der Waals surface area (Å²) >= 11 is 0. The Morgan fingerprint density at radius 3 is 2.61 bits per heavy atom. The number of halogens is 2. The minimum absolute atomic E-state index is 0.0303. The van der Waals surface area contributed by atoms with E-state index in [1.807, 2.05) is 19.0 Å². The van der Waals surface area contributed by atoms with E-state index in [1.165, 1.54) is 9.91 Å². The number of nitriles is 2. The van der Waals surface area contributed by atoms with Gasteiger partial charge in [0.05, 0.1) is 29.3 Å². The van der Waals surface area contributed by atoms with Gasteiger partial charge >= 0.3 is 0 Å². The van der Waals surface area contributed by atoms with Crippen LogP contribution in [0.5, 0.6) is 0 Å². The molecule has 2 atom stereocenters. The Hall–Kier alpha value is -5.30. The van der Waals surface area contributed by atoms with Crippen LogP contribution in [0.2, 0.25) is 0 Å². The number of nitrogens with zero attached hydrogens (tertiary/aromatic N) is 7. The number of aryl methyl sites for hydroxylation is 1. The average molecular weight is 666 g/mol. The topological polar surface area (TPSA) is 143 Å². The number of carbonyl (C=O) groups is 1. The first kappa shape index (κ1) is 35.0. The molecule has 2 aliphatic rings. The zero-order chi connectivity index (χ0) is 35.8. The van der Waals surface area contributed by atoms with Crippen LogP contribution in [-0.4, -0.2) is 72.0 Å². The highest BCUT2D eigenvalue weighted by molar-refractivity contribution is 6.04. The van der Waals surface area contributed by atoms with Crippen molar-refractivity contribution < 1.29 is 13.6 Å². The molecule has 2 saturated heterocycles. The van der Waals surface area contributed by atoms with Gasteiger partial charge in [-0.3, -0.25) is 4.79 Å². The van der Waals surface area contributed by atoms with Crippen LogP contribution in [-0.2, 0) is 4.79 Å². The van der Waals surface area contributed by atoms with E-state index in [0.29, 0.717) is 58.7 Å². The lowest BCUT2D eigenvalue weighted by atomic mass is 9.89. The van der Waals surface area contributed by atoms with E-state index < -0.39 is 29.6 Å². The molecule has 254 valence electrons. The summed E-state index contributed by atoms with van der Waals surface area (Å²) in [7, 11) is 3.99. The number of hydrogen-bond acceptors (Lipinski definition) is 9. The molecule has 4 N–H and O–H groups in total. The molecule has 49 heavy (non-hydrogen) atoms. The van der Waals surface area contributed by atoms with Gasteiger partial charge in [-0.05, 0) is 58.0 Å². The Bertz CT molecular complexity index is 1950. The smallest absolute Gasteiger partial charge is 0.282 e. The standard InChI is InChI=1S/C37H41F2N9O/c1-7-8-10-24-11-9-12-27(29(24)19-41)30-22(2)17-28-33(31(30)39)44-35(46-20-37(4,21-46)45(5)6)32(42)34(28)48(43)26-14-16-47(36(49)23(3)38)25(18-26)13-15-40/h7-12,17,25-26H,1,3,13-14,16,18,20-21,42-43H2,2,4-6H3/b10-8-/t25-,26?/m1/s1. The van der Waals surface area contributed by atoms with Crippen LogP contribution in [0.3, 0.4) is 0 Å². The maximum Gasteiger partial charge on any atom is 0.282 e. The lowest BCUT2D eigenvalue weighted by Gasteiger charge is -2.53. The lowest BCUT2D eigenvalue weighted by Crippen LogP contribution is -2.67. The van der Waals surface area contributed by atoms with Gasteiger partial charge in [-0.1, -0.05) is 49.6 Å². The van der Waals surface area contributed by atoms with Gasteiger partial charge in [0.1, 0.15) is 17.3 Å². The van der Waals surface area contributed by atoms with Crippen molar-refractivity contribution in [3.8, 4) is 23.3 Å². The molecule has 0 spiro atoms. The second kappa shape index (κ2) is 13.7. The summed E-state index contributed by atoms with van der Waals surface area (Å²) in [6.45, 7) is 12.0. The van der Waals surface area contributed by atoms with Gasteiger partial charge in [0.2, 0.25) is 0 Å². The molecule has 5 rings (SSSR count). The molecule has 2 fully saturated rings. The predicted molar refractivity (Wildman–Crippen MR) is 190 cm³/mol. The van der Waals surface area contributed by atoms with Crippen molar-refractivity contribution in [1.82, 2.24) is 14.8 Å². The molecule has 2 aliphatic heterocycles. The normalized spacial score (nSPS) is 18.7. The summed E-state index contributed by atoms with van der Waals surface area (Å²) in [6.07, 6.45) is 5.63. The minimum Gasteiger partial charge on any atom is -0.394 e. The van der Waals surface area contributed by atoms with Gasteiger partial charge in [0.15, 0.2) is 17.5 Å². The number of hydrazine groups is 1. The van der Waals surface area contributed by atoms with E-state index in [-0.39, 0.29) is 41.7 Å². The summed E-state index contributed by atoms with van der Waals surface area (Å²) in [4.78, 5) is 22.8. The molecular formula is C37H41F2N9O. The Balaban J connectivity index is 1.70. The van der Waals surface area contributed by atoms with Crippen molar-refractivity contribution in [3.05, 3.63) is 77.9 Å². The summed E-state index contributed by atoms with van der Waals surface area (Å²) < 4.78 is 31.0. The number of fused-ring (bicyclic) bond motifs is 1. The molecule has 1 unspecified atom stereocenters. The predicted octanol–water partition coefficient (Wildman–Crippen LogP) is 5.58. The highest BCUT2D eigenvalue weighted by atomic mass is 19.1. The highest BCUT2D eigenvalue weighted by Gasteiger charge is 2.43. The Morgan fingerprint density at radius 1 is 1.29 bits per heavy atom. The number of carbonyl (C=O) groups excluding carboxylic acids is 1. The number of piperidine rings is 1. The van der Waals surface area contributed by atoms with E-state index in [1.54, 1.807) is 49.4 Å². The van der Waals surface area contributed by atoms with Crippen LogP contribution < -0.4 is 21.5 Å². The molecule has 2 aromatic carbocycles. The Labute approximate surface area is 285 Å². The minimum atomic E-state index is -1.09. The van der Waals surface area contributed by atoms with Crippen molar-refractivity contribution in [1.29, 1.82) is 10.5 Å². The Kier molecular flexibility index (Phi) is 9.77. The number of pyridine rings is 1. The molecule has 3 heterocycles. The van der Waals surface area contributed by atoms with Crippen LogP contribution in [0.4, 0.5) is 26.0 Å². The fraction of sp³-hybridized carbons (Fsp3) is 0.351. The van der Waals surface area contributed by atoms with Crippen LogP contribution in [0.15, 0.2) is 55.4 Å². The average Bonchev–Trinajstić information content (AvgIpc) is 3.05. The van der Waals surface area contributed by atoms with Crippen molar-refractivity contribution >= 4 is 40.1 Å². The third-order valence-corrected chi connectivity index (χ3v) is 9.90. The molecule has 0 radical (unpaired) electrons. The molecule has 0 bridgehead atoms. The summed E-state index contributed by atoms with van der Waals surface area (Å²) in [5.74, 6) is 4.72. The number of hydrogen-bond donors (Lipinski definition) is 2. The van der Waals surface area contributed by atoms with Gasteiger partial charge in [-0.25, -0.2) is 19.6 Å². The van der Waals surface area contributed by atoms with Crippen molar-refractivity contribution in [2.45, 2.75) is 50.7 Å². The first-order valence-electron chi connectivity index (χ1n) is 16.0. The maximum absolute atomic E-state index is 17.1. The zero-order valence-corrected chi connectivity index (χ0v) is 28.3.